The Kier molecular flexibility index (Phi) is 7.66. The van der Waals surface area contributed by atoms with Crippen molar-refractivity contribution >= 4 is 29.5 Å². The van der Waals surface area contributed by atoms with Gasteiger partial charge in [0.2, 0.25) is 5.78 Å². The molecule has 0 heterocycles. The molecular formula is C26H27O5P. The van der Waals surface area contributed by atoms with E-state index in [0.717, 1.165) is 0 Å². The molecule has 0 aromatic heterocycles. The highest BCUT2D eigenvalue weighted by Gasteiger charge is 2.40. The Balaban J connectivity index is 2.16. The molecule has 6 heteroatoms. The van der Waals surface area contributed by atoms with E-state index in [9.17, 15) is 14.2 Å². The van der Waals surface area contributed by atoms with Gasteiger partial charge < -0.3 is 14.0 Å². The number of carbonyl (C=O) groups is 2. The van der Waals surface area contributed by atoms with Gasteiger partial charge in [-0.05, 0) is 31.5 Å². The standard InChI is InChI=1S/C26H27O5P/c1-19(2)31-26(28)24(27)18-25(20-14-16-21(30-3)17-15-20)32(29,22-10-6-4-7-11-22)23-12-8-5-9-13-23/h4-17,19,25H,18H2,1-3H3. The Morgan fingerprint density at radius 2 is 1.31 bits per heavy atom. The van der Waals surface area contributed by atoms with Gasteiger partial charge in [-0.2, -0.15) is 0 Å². The lowest BCUT2D eigenvalue weighted by Crippen LogP contribution is -2.27. The summed E-state index contributed by atoms with van der Waals surface area (Å²) in [4.78, 5) is 25.2. The van der Waals surface area contributed by atoms with Crippen molar-refractivity contribution in [2.45, 2.75) is 32.0 Å². The Labute approximate surface area is 188 Å². The molecule has 0 N–H and O–H groups in total. The molecule has 0 amide bonds. The maximum atomic E-state index is 14.9. The molecule has 0 aliphatic heterocycles. The summed E-state index contributed by atoms with van der Waals surface area (Å²) in [5.74, 6) is -0.968. The van der Waals surface area contributed by atoms with E-state index < -0.39 is 30.7 Å². The summed E-state index contributed by atoms with van der Waals surface area (Å²) in [5, 5.41) is 1.24. The van der Waals surface area contributed by atoms with Crippen molar-refractivity contribution in [3.63, 3.8) is 0 Å². The number of rotatable bonds is 9. The zero-order valence-corrected chi connectivity index (χ0v) is 19.3. The molecule has 0 radical (unpaired) electrons. The second-order valence-electron chi connectivity index (χ2n) is 7.70. The van der Waals surface area contributed by atoms with Crippen molar-refractivity contribution in [1.29, 1.82) is 0 Å². The predicted molar refractivity (Wildman–Crippen MR) is 126 cm³/mol. The van der Waals surface area contributed by atoms with E-state index in [1.165, 1.54) is 0 Å². The van der Waals surface area contributed by atoms with Crippen LogP contribution in [0.4, 0.5) is 0 Å². The normalized spacial score (nSPS) is 12.2. The molecule has 5 nitrogen and oxygen atoms in total. The highest BCUT2D eigenvalue weighted by atomic mass is 31.2. The maximum absolute atomic E-state index is 14.9. The molecule has 3 aromatic carbocycles. The molecule has 0 spiro atoms. The number of hydrogen-bond acceptors (Lipinski definition) is 5. The molecule has 0 bridgehead atoms. The molecule has 3 rings (SSSR count). The minimum atomic E-state index is -3.38. The van der Waals surface area contributed by atoms with Crippen LogP contribution >= 0.6 is 7.14 Å². The van der Waals surface area contributed by atoms with Crippen LogP contribution in [0.25, 0.3) is 0 Å². The van der Waals surface area contributed by atoms with Crippen LogP contribution in [0, 0.1) is 0 Å². The fourth-order valence-electron chi connectivity index (χ4n) is 3.63. The quantitative estimate of drug-likeness (QED) is 0.269. The van der Waals surface area contributed by atoms with Crippen LogP contribution in [-0.2, 0) is 18.9 Å². The number of ketones is 1. The third kappa shape index (κ3) is 5.17. The number of hydrogen-bond donors (Lipinski definition) is 0. The summed E-state index contributed by atoms with van der Waals surface area (Å²) in [5.41, 5.74) is -0.0574. The van der Waals surface area contributed by atoms with Crippen LogP contribution < -0.4 is 15.3 Å². The third-order valence-electron chi connectivity index (χ3n) is 5.17. The number of methoxy groups -OCH3 is 1. The van der Waals surface area contributed by atoms with Crippen LogP contribution in [0.2, 0.25) is 0 Å². The van der Waals surface area contributed by atoms with Crippen LogP contribution in [0.1, 0.15) is 31.5 Å². The van der Waals surface area contributed by atoms with E-state index in [1.807, 2.05) is 36.4 Å². The van der Waals surface area contributed by atoms with Crippen molar-refractivity contribution in [2.75, 3.05) is 7.11 Å². The number of ether oxygens (including phenoxy) is 2. The number of benzene rings is 3. The second kappa shape index (κ2) is 10.4. The number of Topliss-reactive ketones (excluding diaryl/α,β-unsaturated/α-hetero) is 1. The van der Waals surface area contributed by atoms with Crippen molar-refractivity contribution in [1.82, 2.24) is 0 Å². The monoisotopic (exact) mass is 450 g/mol. The van der Waals surface area contributed by atoms with Gasteiger partial charge in [-0.15, -0.1) is 0 Å². The molecule has 0 aliphatic rings. The molecule has 0 fully saturated rings. The summed E-state index contributed by atoms with van der Waals surface area (Å²) < 4.78 is 25.3. The van der Waals surface area contributed by atoms with Gasteiger partial charge in [-0.1, -0.05) is 72.8 Å². The first-order valence-electron chi connectivity index (χ1n) is 10.4. The lowest BCUT2D eigenvalue weighted by Gasteiger charge is -2.29. The van der Waals surface area contributed by atoms with E-state index in [-0.39, 0.29) is 6.42 Å². The molecule has 0 saturated heterocycles. The predicted octanol–water partition coefficient (Wildman–Crippen LogP) is 4.66. The second-order valence-corrected chi connectivity index (χ2v) is 10.7. The van der Waals surface area contributed by atoms with Crippen LogP contribution in [0.15, 0.2) is 84.9 Å². The molecule has 0 aliphatic carbocycles. The Morgan fingerprint density at radius 3 is 1.75 bits per heavy atom. The van der Waals surface area contributed by atoms with Gasteiger partial charge in [0.1, 0.15) is 5.75 Å². The fraction of sp³-hybridized carbons (Fsp3) is 0.231. The number of carbonyl (C=O) groups excluding carboxylic acids is 2. The summed E-state index contributed by atoms with van der Waals surface area (Å²) in [6, 6.07) is 25.3. The molecule has 0 saturated carbocycles. The van der Waals surface area contributed by atoms with Gasteiger partial charge in [-0.25, -0.2) is 4.79 Å². The maximum Gasteiger partial charge on any atom is 0.374 e. The fourth-order valence-corrected chi connectivity index (χ4v) is 6.89. The minimum Gasteiger partial charge on any atom is -0.497 e. The first-order chi connectivity index (χ1) is 15.4. The van der Waals surface area contributed by atoms with Crippen molar-refractivity contribution < 1.29 is 23.6 Å². The van der Waals surface area contributed by atoms with Gasteiger partial charge in [0, 0.05) is 17.0 Å². The zero-order valence-electron chi connectivity index (χ0n) is 18.4. The topological polar surface area (TPSA) is 69.7 Å². The van der Waals surface area contributed by atoms with Crippen molar-refractivity contribution in [2.24, 2.45) is 0 Å². The molecule has 32 heavy (non-hydrogen) atoms. The summed E-state index contributed by atoms with van der Waals surface area (Å²) in [6.07, 6.45) is -0.653. The molecule has 3 aromatic rings. The van der Waals surface area contributed by atoms with Gasteiger partial charge in [0.25, 0.3) is 0 Å². The Bertz CT molecular complexity index is 1050. The van der Waals surface area contributed by atoms with Gasteiger partial charge in [0.05, 0.1) is 18.9 Å². The Morgan fingerprint density at radius 1 is 0.812 bits per heavy atom. The average molecular weight is 450 g/mol. The first-order valence-corrected chi connectivity index (χ1v) is 12.2. The third-order valence-corrected chi connectivity index (χ3v) is 8.66. The molecular weight excluding hydrogens is 423 g/mol. The van der Waals surface area contributed by atoms with E-state index in [4.69, 9.17) is 9.47 Å². The van der Waals surface area contributed by atoms with E-state index >= 15 is 0 Å². The van der Waals surface area contributed by atoms with Crippen LogP contribution in [-0.4, -0.2) is 25.0 Å². The number of esters is 1. The van der Waals surface area contributed by atoms with Crippen molar-refractivity contribution in [3.05, 3.63) is 90.5 Å². The molecule has 1 atom stereocenters. The minimum absolute atomic E-state index is 0.237. The average Bonchev–Trinajstić information content (AvgIpc) is 2.82. The van der Waals surface area contributed by atoms with Crippen LogP contribution in [0.3, 0.4) is 0 Å². The summed E-state index contributed by atoms with van der Waals surface area (Å²) in [7, 11) is -1.81. The van der Waals surface area contributed by atoms with E-state index in [0.29, 0.717) is 21.9 Å². The Hall–Kier alpha value is -3.17. The first kappa shape index (κ1) is 23.5. The lowest BCUT2D eigenvalue weighted by atomic mass is 10.1. The highest BCUT2D eigenvalue weighted by molar-refractivity contribution is 7.79. The smallest absolute Gasteiger partial charge is 0.374 e. The SMILES string of the molecule is COc1ccc(C(CC(=O)C(=O)OC(C)C)P(=O)(c2ccccc2)c2ccccc2)cc1. The zero-order chi connectivity index (χ0) is 23.1. The van der Waals surface area contributed by atoms with E-state index in [2.05, 4.69) is 0 Å². The largest absolute Gasteiger partial charge is 0.497 e. The molecule has 166 valence electrons. The van der Waals surface area contributed by atoms with E-state index in [1.54, 1.807) is 69.5 Å². The van der Waals surface area contributed by atoms with Crippen molar-refractivity contribution in [3.8, 4) is 5.75 Å². The summed E-state index contributed by atoms with van der Waals surface area (Å²) >= 11 is 0. The molecule has 1 unspecified atom stereocenters. The lowest BCUT2D eigenvalue weighted by molar-refractivity contribution is -0.156. The summed E-state index contributed by atoms with van der Waals surface area (Å²) in [6.45, 7) is 3.37. The van der Waals surface area contributed by atoms with Gasteiger partial charge >= 0.3 is 5.97 Å². The highest BCUT2D eigenvalue weighted by Crippen LogP contribution is 2.59. The van der Waals surface area contributed by atoms with Gasteiger partial charge in [0.15, 0.2) is 7.14 Å². The van der Waals surface area contributed by atoms with Gasteiger partial charge in [-0.3, -0.25) is 4.79 Å². The van der Waals surface area contributed by atoms with Crippen LogP contribution in [0.5, 0.6) is 5.75 Å².